The van der Waals surface area contributed by atoms with Gasteiger partial charge in [-0.2, -0.15) is 5.10 Å². The molecule has 1 aliphatic carbocycles. The summed E-state index contributed by atoms with van der Waals surface area (Å²) in [5.74, 6) is -0.246. The minimum Gasteiger partial charge on any atom is -0.424 e. The average molecular weight is 648 g/mol. The zero-order chi connectivity index (χ0) is 32.6. The Balaban J connectivity index is 1.36. The number of carbonyl (C=O) groups is 3. The van der Waals surface area contributed by atoms with Crippen molar-refractivity contribution in [3.8, 4) is 0 Å². The van der Waals surface area contributed by atoms with Crippen molar-refractivity contribution >= 4 is 34.2 Å². The van der Waals surface area contributed by atoms with E-state index in [4.69, 9.17) is 0 Å². The molecule has 1 aliphatic heterocycles. The van der Waals surface area contributed by atoms with Gasteiger partial charge in [-0.3, -0.25) is 19.1 Å². The second-order valence-corrected chi connectivity index (χ2v) is 13.3. The van der Waals surface area contributed by atoms with E-state index in [1.165, 1.54) is 0 Å². The Morgan fingerprint density at radius 3 is 2.39 bits per heavy atom. The highest BCUT2D eigenvalue weighted by Gasteiger charge is 2.24. The van der Waals surface area contributed by atoms with E-state index in [1.54, 1.807) is 40.4 Å². The molecule has 3 atom stereocenters. The highest BCUT2D eigenvalue weighted by molar-refractivity contribution is 7.76. The third-order valence-electron chi connectivity index (χ3n) is 8.20. The molecule has 0 radical (unpaired) electrons. The maximum Gasteiger partial charge on any atom is 0.251 e. The number of carbonyl (C=O) groups excluding carboxylic acids is 3. The summed E-state index contributed by atoms with van der Waals surface area (Å²) >= 11 is 0. The van der Waals surface area contributed by atoms with E-state index in [2.05, 4.69) is 30.7 Å². The van der Waals surface area contributed by atoms with Gasteiger partial charge in [0.2, 0.25) is 5.91 Å². The fourth-order valence-electron chi connectivity index (χ4n) is 5.24. The van der Waals surface area contributed by atoms with Crippen LogP contribution >= 0.6 is 0 Å². The van der Waals surface area contributed by atoms with E-state index in [-0.39, 0.29) is 40.9 Å². The summed E-state index contributed by atoms with van der Waals surface area (Å²) in [5, 5.41) is 16.6. The van der Waals surface area contributed by atoms with Crippen molar-refractivity contribution < 1.29 is 18.6 Å². The first-order valence-corrected chi connectivity index (χ1v) is 16.9. The first kappa shape index (κ1) is 33.1. The number of hydrogen-bond acceptors (Lipinski definition) is 8. The van der Waals surface area contributed by atoms with Crippen molar-refractivity contribution in [1.29, 1.82) is 0 Å². The smallest absolute Gasteiger partial charge is 0.251 e. The summed E-state index contributed by atoms with van der Waals surface area (Å²) < 4.78 is 20.2. The van der Waals surface area contributed by atoms with Crippen LogP contribution in [-0.4, -0.2) is 65.8 Å². The lowest BCUT2D eigenvalue weighted by molar-refractivity contribution is -0.122. The molecule has 246 valence electrons. The van der Waals surface area contributed by atoms with Gasteiger partial charge in [0.25, 0.3) is 11.8 Å². The zero-order valence-corrected chi connectivity index (χ0v) is 27.4. The van der Waals surface area contributed by atoms with Gasteiger partial charge in [0.15, 0.2) is 0 Å². The Bertz CT molecular complexity index is 1620. The summed E-state index contributed by atoms with van der Waals surface area (Å²) in [6.45, 7) is 5.69. The lowest BCUT2D eigenvalue weighted by atomic mass is 10.0. The second kappa shape index (κ2) is 15.4. The number of benzene rings is 2. The van der Waals surface area contributed by atoms with Crippen LogP contribution in [0.15, 0.2) is 65.3 Å². The van der Waals surface area contributed by atoms with Gasteiger partial charge >= 0.3 is 0 Å². The van der Waals surface area contributed by atoms with Gasteiger partial charge in [0, 0.05) is 67.8 Å². The molecular weight excluding hydrogens is 604 g/mol. The van der Waals surface area contributed by atoms with E-state index in [0.29, 0.717) is 50.6 Å². The highest BCUT2D eigenvalue weighted by Crippen LogP contribution is 2.27. The monoisotopic (exact) mass is 647 g/mol. The first-order valence-electron chi connectivity index (χ1n) is 15.8. The Hall–Kier alpha value is -4.23. The van der Waals surface area contributed by atoms with Crippen LogP contribution < -0.4 is 25.6 Å². The van der Waals surface area contributed by atoms with Gasteiger partial charge in [-0.05, 0) is 69.2 Å². The van der Waals surface area contributed by atoms with Crippen LogP contribution in [0.5, 0.6) is 0 Å². The standard InChI is InChI=1S/C33H43N8O4S/c1-22(28-19-36-40(3)21-28)38-32(43)26-15-27(17-30(16-26)41-13-7-12-37-46(41)45)33(44)39-29(14-24-8-5-4-6-9-24)20-34-23(2)31(42)35-18-25-10-11-25/h4-6,8-9,15-17,19,21-23,25,29,34H,7,10-14,18,20H2,1-3H3,(H,35,42)(H,38,43)(H,39,44)/q-1. The number of rotatable bonds is 14. The summed E-state index contributed by atoms with van der Waals surface area (Å²) in [6.07, 6.45) is 7.07. The molecule has 1 fully saturated rings. The molecule has 2 aromatic carbocycles. The maximum absolute atomic E-state index is 13.9. The predicted molar refractivity (Wildman–Crippen MR) is 177 cm³/mol. The van der Waals surface area contributed by atoms with Crippen molar-refractivity contribution in [3.63, 3.8) is 0 Å². The number of nitrogens with one attached hydrogen (secondary N) is 4. The minimum absolute atomic E-state index is 0.0690. The van der Waals surface area contributed by atoms with Crippen molar-refractivity contribution in [2.45, 2.75) is 57.7 Å². The van der Waals surface area contributed by atoms with Crippen LogP contribution in [0.3, 0.4) is 0 Å². The molecule has 13 heteroatoms. The molecule has 0 spiro atoms. The molecule has 0 saturated heterocycles. The number of anilines is 1. The Morgan fingerprint density at radius 1 is 1.02 bits per heavy atom. The molecule has 5 rings (SSSR count). The van der Waals surface area contributed by atoms with Gasteiger partial charge in [0.05, 0.1) is 18.3 Å². The average Bonchev–Trinajstić information content (AvgIpc) is 3.79. The molecule has 3 amide bonds. The van der Waals surface area contributed by atoms with Gasteiger partial charge in [-0.25, -0.2) is 0 Å². The fraction of sp³-hybridized carbons (Fsp3) is 0.455. The topological polar surface area (TPSA) is 150 Å². The molecule has 46 heavy (non-hydrogen) atoms. The SMILES string of the molecule is CC(NCC(Cc1ccccc1)NC(=O)c1cc(C(=O)NC(C)c2cnn(C)c2)cc(N2CCCN=[S-]2=O)c1)C(=O)NCC1CC1. The minimum atomic E-state index is -1.62. The molecule has 4 N–H and O–H groups in total. The van der Waals surface area contributed by atoms with Crippen LogP contribution in [0, 0.1) is 5.92 Å². The molecule has 3 aromatic rings. The van der Waals surface area contributed by atoms with Crippen molar-refractivity contribution in [1.82, 2.24) is 31.0 Å². The van der Waals surface area contributed by atoms with Crippen molar-refractivity contribution in [2.75, 3.05) is 30.5 Å². The summed E-state index contributed by atoms with van der Waals surface area (Å²) in [6, 6.07) is 13.5. The van der Waals surface area contributed by atoms with E-state index in [1.807, 2.05) is 50.4 Å². The van der Waals surface area contributed by atoms with E-state index >= 15 is 0 Å². The third kappa shape index (κ3) is 9.16. The summed E-state index contributed by atoms with van der Waals surface area (Å²) in [5.41, 5.74) is 2.87. The van der Waals surface area contributed by atoms with Crippen molar-refractivity contribution in [2.24, 2.45) is 17.3 Å². The zero-order valence-electron chi connectivity index (χ0n) is 26.6. The lowest BCUT2D eigenvalue weighted by Crippen LogP contribution is -2.49. The Kier molecular flexibility index (Phi) is 11.1. The molecule has 0 bridgehead atoms. The number of amides is 3. The molecule has 2 heterocycles. The van der Waals surface area contributed by atoms with Gasteiger partial charge in [-0.1, -0.05) is 41.1 Å². The normalized spacial score (nSPS) is 17.0. The van der Waals surface area contributed by atoms with Crippen LogP contribution in [-0.2, 0) is 33.3 Å². The van der Waals surface area contributed by atoms with Crippen LogP contribution in [0.1, 0.15) is 71.0 Å². The fourth-order valence-corrected chi connectivity index (χ4v) is 6.24. The molecule has 1 aromatic heterocycles. The first-order chi connectivity index (χ1) is 22.2. The van der Waals surface area contributed by atoms with Gasteiger partial charge < -0.3 is 34.1 Å². The van der Waals surface area contributed by atoms with E-state index in [0.717, 1.165) is 24.0 Å². The summed E-state index contributed by atoms with van der Waals surface area (Å²) in [4.78, 5) is 40.0. The molecule has 2 aliphatic rings. The van der Waals surface area contributed by atoms with Crippen LogP contribution in [0.25, 0.3) is 0 Å². The molecule has 3 unspecified atom stereocenters. The number of hydrogen-bond donors (Lipinski definition) is 4. The Morgan fingerprint density at radius 2 is 1.74 bits per heavy atom. The number of nitrogens with zero attached hydrogens (tertiary/aromatic N) is 4. The van der Waals surface area contributed by atoms with Crippen LogP contribution in [0.2, 0.25) is 0 Å². The number of aryl methyl sites for hydroxylation is 1. The molecular formula is C33H43N8O4S-. The second-order valence-electron chi connectivity index (χ2n) is 12.1. The largest absolute Gasteiger partial charge is 0.424 e. The predicted octanol–water partition coefficient (Wildman–Crippen LogP) is 3.03. The van der Waals surface area contributed by atoms with Gasteiger partial charge in [-0.15, -0.1) is 0 Å². The highest BCUT2D eigenvalue weighted by atomic mass is 32.2. The quantitative estimate of drug-likeness (QED) is 0.198. The maximum atomic E-state index is 13.9. The van der Waals surface area contributed by atoms with Crippen LogP contribution in [0.4, 0.5) is 5.69 Å². The van der Waals surface area contributed by atoms with Crippen molar-refractivity contribution in [3.05, 3.63) is 83.2 Å². The Labute approximate surface area is 272 Å². The molecule has 12 nitrogen and oxygen atoms in total. The molecule has 1 saturated carbocycles. The lowest BCUT2D eigenvalue weighted by Gasteiger charge is -2.33. The van der Waals surface area contributed by atoms with E-state index in [9.17, 15) is 18.6 Å². The number of aromatic nitrogens is 2. The summed E-state index contributed by atoms with van der Waals surface area (Å²) in [7, 11) is 0.182. The van der Waals surface area contributed by atoms with Gasteiger partial charge in [0.1, 0.15) is 0 Å². The van der Waals surface area contributed by atoms with E-state index < -0.39 is 16.8 Å². The third-order valence-corrected chi connectivity index (χ3v) is 9.37.